The zero-order valence-corrected chi connectivity index (χ0v) is 20.1. The molecule has 152 valence electrons. The molecule has 0 aliphatic heterocycles. The van der Waals surface area contributed by atoms with E-state index in [9.17, 15) is 0 Å². The van der Waals surface area contributed by atoms with Gasteiger partial charge in [-0.3, -0.25) is 0 Å². The fourth-order valence-electron chi connectivity index (χ4n) is 2.11. The summed E-state index contributed by atoms with van der Waals surface area (Å²) in [5.41, 5.74) is 0. The Hall–Kier alpha value is -0.350. The first kappa shape index (κ1) is 26.6. The van der Waals surface area contributed by atoms with Crippen molar-refractivity contribution < 1.29 is 9.05 Å². The number of rotatable bonds is 16. The molecule has 0 rings (SSSR count). The monoisotopic (exact) mass is 426 g/mol. The fourth-order valence-corrected chi connectivity index (χ4v) is 3.19. The Morgan fingerprint density at radius 3 is 2.04 bits per heavy atom. The molecular weight excluding hydrogens is 389 g/mol. The first-order valence-electron chi connectivity index (χ1n) is 9.71. The van der Waals surface area contributed by atoms with Crippen LogP contribution in [0.15, 0.2) is 72.9 Å². The maximum absolute atomic E-state index is 5.70. The summed E-state index contributed by atoms with van der Waals surface area (Å²) in [7, 11) is 5.42. The van der Waals surface area contributed by atoms with E-state index in [4.69, 9.17) is 9.05 Å². The van der Waals surface area contributed by atoms with E-state index in [2.05, 4.69) is 105 Å². The van der Waals surface area contributed by atoms with Crippen LogP contribution in [0, 0.1) is 0 Å². The molecule has 5 unspecified atom stereocenters. The summed E-state index contributed by atoms with van der Waals surface area (Å²) in [5, 5.41) is 0. The van der Waals surface area contributed by atoms with Gasteiger partial charge in [0.25, 0.3) is 0 Å². The lowest BCUT2D eigenvalue weighted by molar-refractivity contribution is 0.296. The molecule has 27 heavy (non-hydrogen) atoms. The summed E-state index contributed by atoms with van der Waals surface area (Å²) in [4.78, 5) is 0. The third-order valence-electron chi connectivity index (χ3n) is 3.57. The van der Waals surface area contributed by atoms with E-state index in [1.54, 1.807) is 0 Å². The summed E-state index contributed by atoms with van der Waals surface area (Å²) < 4.78 is 11.1. The molecule has 0 spiro atoms. The van der Waals surface area contributed by atoms with Crippen molar-refractivity contribution in [3.05, 3.63) is 72.9 Å². The standard InChI is InChI=1S/C22H37O2P3/c1-3-5-7-14-17-21(23-25)18-15-11-9-8-10-12-16-20-22(24-27-26)19-13-6-4-2/h6-7,9-16,18,20-22,27H,3-5,8,17,19,25-26H2,1-2H3/b11-9-,12-10-,13-6-,14-7-,18-15+,20-16+. The second-order valence-electron chi connectivity index (χ2n) is 5.92. The Kier molecular flexibility index (Phi) is 21.7. The highest BCUT2D eigenvalue weighted by atomic mass is 32.0. The average Bonchev–Trinajstić information content (AvgIpc) is 2.68. The van der Waals surface area contributed by atoms with E-state index in [0.717, 1.165) is 32.1 Å². The van der Waals surface area contributed by atoms with Crippen molar-refractivity contribution in [2.24, 2.45) is 0 Å². The molecule has 5 heteroatoms. The van der Waals surface area contributed by atoms with Gasteiger partial charge in [0.15, 0.2) is 0 Å². The van der Waals surface area contributed by atoms with Crippen molar-refractivity contribution in [1.29, 1.82) is 0 Å². The minimum Gasteiger partial charge on any atom is -0.358 e. The predicted molar refractivity (Wildman–Crippen MR) is 131 cm³/mol. The minimum atomic E-state index is 0.113. The normalized spacial score (nSPS) is 16.0. The molecule has 0 amide bonds. The van der Waals surface area contributed by atoms with Gasteiger partial charge in [-0.15, -0.1) is 0 Å². The third-order valence-corrected chi connectivity index (χ3v) is 4.77. The van der Waals surface area contributed by atoms with E-state index < -0.39 is 0 Å². The predicted octanol–water partition coefficient (Wildman–Crippen LogP) is 7.65. The van der Waals surface area contributed by atoms with Crippen LogP contribution in [0.1, 0.15) is 52.4 Å². The smallest absolute Gasteiger partial charge is 0.0836 e. The van der Waals surface area contributed by atoms with Crippen LogP contribution in [0.3, 0.4) is 0 Å². The Balaban J connectivity index is 4.15. The molecule has 0 aromatic heterocycles. The van der Waals surface area contributed by atoms with Crippen LogP contribution in [0.2, 0.25) is 0 Å². The largest absolute Gasteiger partial charge is 0.358 e. The summed E-state index contributed by atoms with van der Waals surface area (Å²) in [6.07, 6.45) is 31.9. The fraction of sp³-hybridized carbons (Fsp3) is 0.455. The van der Waals surface area contributed by atoms with Crippen LogP contribution in [0.5, 0.6) is 0 Å². The molecule has 2 nitrogen and oxygen atoms in total. The third kappa shape index (κ3) is 18.8. The highest BCUT2D eigenvalue weighted by Gasteiger charge is 2.00. The van der Waals surface area contributed by atoms with Crippen molar-refractivity contribution in [2.75, 3.05) is 0 Å². The van der Waals surface area contributed by atoms with Crippen LogP contribution in [0.25, 0.3) is 0 Å². The molecule has 0 fully saturated rings. The maximum Gasteiger partial charge on any atom is 0.0836 e. The van der Waals surface area contributed by atoms with E-state index in [-0.39, 0.29) is 12.2 Å². The highest BCUT2D eigenvalue weighted by Crippen LogP contribution is 2.25. The van der Waals surface area contributed by atoms with Gasteiger partial charge < -0.3 is 9.05 Å². The van der Waals surface area contributed by atoms with Crippen LogP contribution in [0.4, 0.5) is 0 Å². The van der Waals surface area contributed by atoms with Crippen molar-refractivity contribution in [2.45, 2.75) is 64.6 Å². The second kappa shape index (κ2) is 21.9. The molecule has 0 heterocycles. The summed E-state index contributed by atoms with van der Waals surface area (Å²) in [5.74, 6) is 0. The lowest BCUT2D eigenvalue weighted by atomic mass is 10.2. The SMILES string of the molecule is CC/C=C\CC(/C=C/C=C\C/C=C\C=C\C(C/C=C\CCC)OP)OPP. The van der Waals surface area contributed by atoms with Gasteiger partial charge in [0.05, 0.1) is 12.2 Å². The van der Waals surface area contributed by atoms with Crippen molar-refractivity contribution in [3.8, 4) is 0 Å². The molecule has 5 atom stereocenters. The van der Waals surface area contributed by atoms with E-state index in [1.807, 2.05) is 0 Å². The van der Waals surface area contributed by atoms with Crippen molar-refractivity contribution in [1.82, 2.24) is 0 Å². The van der Waals surface area contributed by atoms with E-state index >= 15 is 0 Å². The van der Waals surface area contributed by atoms with E-state index in [1.165, 1.54) is 6.42 Å². The lowest BCUT2D eigenvalue weighted by Crippen LogP contribution is -2.01. The Bertz CT molecular complexity index is 494. The summed E-state index contributed by atoms with van der Waals surface area (Å²) in [6.45, 7) is 4.33. The maximum atomic E-state index is 5.70. The summed E-state index contributed by atoms with van der Waals surface area (Å²) >= 11 is 0. The molecule has 0 bridgehead atoms. The van der Waals surface area contributed by atoms with Gasteiger partial charge in [-0.05, 0) is 32.1 Å². The lowest BCUT2D eigenvalue weighted by Gasteiger charge is -2.09. The first-order chi connectivity index (χ1) is 13.3. The topological polar surface area (TPSA) is 18.5 Å². The molecular formula is C22H37O2P3. The molecule has 0 saturated carbocycles. The molecule has 0 aromatic rings. The number of allylic oxidation sites excluding steroid dienone is 8. The van der Waals surface area contributed by atoms with Gasteiger partial charge >= 0.3 is 0 Å². The first-order valence-corrected chi connectivity index (χ1v) is 12.9. The summed E-state index contributed by atoms with van der Waals surface area (Å²) in [6, 6.07) is 0. The quantitative estimate of drug-likeness (QED) is 0.143. The zero-order valence-electron chi connectivity index (χ0n) is 16.8. The van der Waals surface area contributed by atoms with Gasteiger partial charge in [0.2, 0.25) is 0 Å². The van der Waals surface area contributed by atoms with Crippen molar-refractivity contribution >= 4 is 26.9 Å². The Morgan fingerprint density at radius 1 is 0.815 bits per heavy atom. The van der Waals surface area contributed by atoms with Crippen LogP contribution in [-0.4, -0.2) is 12.2 Å². The van der Waals surface area contributed by atoms with Crippen LogP contribution in [-0.2, 0) is 9.05 Å². The molecule has 0 aliphatic carbocycles. The molecule has 0 radical (unpaired) electrons. The van der Waals surface area contributed by atoms with Gasteiger partial charge in [0, 0.05) is 18.0 Å². The molecule has 0 N–H and O–H groups in total. The molecule has 0 aliphatic rings. The van der Waals surface area contributed by atoms with Crippen molar-refractivity contribution in [3.63, 3.8) is 0 Å². The van der Waals surface area contributed by atoms with Gasteiger partial charge in [-0.1, -0.05) is 102 Å². The van der Waals surface area contributed by atoms with Gasteiger partial charge in [-0.25, -0.2) is 0 Å². The average molecular weight is 426 g/mol. The van der Waals surface area contributed by atoms with Crippen LogP contribution >= 0.6 is 26.9 Å². The number of unbranched alkanes of at least 4 members (excludes halogenated alkanes) is 1. The highest BCUT2D eigenvalue weighted by molar-refractivity contribution is 8.00. The zero-order chi connectivity index (χ0) is 20.0. The molecule has 0 saturated heterocycles. The number of hydrogen-bond donors (Lipinski definition) is 0. The molecule has 0 aromatic carbocycles. The Labute approximate surface area is 173 Å². The van der Waals surface area contributed by atoms with Gasteiger partial charge in [-0.2, -0.15) is 0 Å². The second-order valence-corrected chi connectivity index (χ2v) is 7.37. The Morgan fingerprint density at radius 2 is 1.44 bits per heavy atom. The van der Waals surface area contributed by atoms with E-state index in [0.29, 0.717) is 8.50 Å². The van der Waals surface area contributed by atoms with Gasteiger partial charge in [0.1, 0.15) is 0 Å². The number of hydrogen-bond acceptors (Lipinski definition) is 2. The minimum absolute atomic E-state index is 0.113. The van der Waals surface area contributed by atoms with Crippen LogP contribution < -0.4 is 0 Å².